The molecule has 29 heavy (non-hydrogen) atoms. The number of carbonyl (C=O) groups excluding carboxylic acids is 1. The number of aromatic hydroxyl groups is 1. The van der Waals surface area contributed by atoms with Crippen molar-refractivity contribution in [3.8, 4) is 5.75 Å². The first-order valence-electron chi connectivity index (χ1n) is 9.00. The molecule has 2 heterocycles. The molecule has 0 unspecified atom stereocenters. The molecule has 2 N–H and O–H groups in total. The van der Waals surface area contributed by atoms with Gasteiger partial charge in [0.1, 0.15) is 5.75 Å². The molecule has 4 rings (SSSR count). The Morgan fingerprint density at radius 3 is 2.10 bits per heavy atom. The van der Waals surface area contributed by atoms with Crippen LogP contribution < -0.4 is 4.90 Å². The molecule has 152 valence electrons. The molecular weight excluding hydrogens is 460 g/mol. The van der Waals surface area contributed by atoms with Gasteiger partial charge in [0.15, 0.2) is 5.78 Å². The minimum atomic E-state index is -1.47. The van der Waals surface area contributed by atoms with Crippen LogP contribution in [0.2, 0.25) is 20.1 Å². The van der Waals surface area contributed by atoms with Crippen LogP contribution in [0.15, 0.2) is 6.07 Å². The number of benzene rings is 2. The molecule has 0 atom stereocenters. The smallest absolute Gasteiger partial charge is 0.338 e. The highest BCUT2D eigenvalue weighted by atomic mass is 35.5. The maximum Gasteiger partial charge on any atom is 0.338 e. The average molecular weight is 475 g/mol. The Morgan fingerprint density at radius 1 is 0.897 bits per heavy atom. The van der Waals surface area contributed by atoms with Gasteiger partial charge in [-0.1, -0.05) is 46.4 Å². The number of halogens is 4. The van der Waals surface area contributed by atoms with Gasteiger partial charge in [0.25, 0.3) is 0 Å². The third-order valence-electron chi connectivity index (χ3n) is 5.45. The molecule has 2 aliphatic heterocycles. The van der Waals surface area contributed by atoms with E-state index in [9.17, 15) is 19.8 Å². The first-order chi connectivity index (χ1) is 13.7. The number of hydrogen-bond acceptors (Lipinski definition) is 4. The number of phenolic OH excluding ortho intramolecular Hbond substituents is 1. The van der Waals surface area contributed by atoms with Crippen LogP contribution in [0.1, 0.15) is 50.2 Å². The van der Waals surface area contributed by atoms with Gasteiger partial charge in [-0.25, -0.2) is 4.79 Å². The van der Waals surface area contributed by atoms with E-state index in [4.69, 9.17) is 46.4 Å². The molecule has 0 fully saturated rings. The lowest BCUT2D eigenvalue weighted by molar-refractivity contribution is 0.0693. The van der Waals surface area contributed by atoms with E-state index in [2.05, 4.69) is 4.90 Å². The SMILES string of the molecule is O=C(O)c1c(Cl)c(Cl)c(Cl)c(Cl)c1C(=O)c1cc2c3c(c1O)CCCN3CCC2. The minimum absolute atomic E-state index is 0.0126. The summed E-state index contributed by atoms with van der Waals surface area (Å²) >= 11 is 24.3. The van der Waals surface area contributed by atoms with Gasteiger partial charge in [0.05, 0.1) is 36.8 Å². The lowest BCUT2D eigenvalue weighted by Crippen LogP contribution is -2.34. The first-order valence-corrected chi connectivity index (χ1v) is 10.5. The minimum Gasteiger partial charge on any atom is -0.507 e. The highest BCUT2D eigenvalue weighted by Crippen LogP contribution is 2.46. The van der Waals surface area contributed by atoms with E-state index >= 15 is 0 Å². The Labute approximate surface area is 186 Å². The van der Waals surface area contributed by atoms with Gasteiger partial charge in [0, 0.05) is 24.3 Å². The maximum absolute atomic E-state index is 13.4. The third kappa shape index (κ3) is 3.15. The number of carbonyl (C=O) groups is 2. The van der Waals surface area contributed by atoms with E-state index in [-0.39, 0.29) is 37.0 Å². The summed E-state index contributed by atoms with van der Waals surface area (Å²) in [4.78, 5) is 27.4. The van der Waals surface area contributed by atoms with Gasteiger partial charge in [0.2, 0.25) is 0 Å². The molecule has 0 radical (unpaired) electrons. The van der Waals surface area contributed by atoms with Crippen LogP contribution in [0.4, 0.5) is 5.69 Å². The second-order valence-corrected chi connectivity index (χ2v) is 8.61. The zero-order valence-electron chi connectivity index (χ0n) is 15.0. The number of carboxylic acid groups (broad SMARTS) is 1. The van der Waals surface area contributed by atoms with E-state index in [1.807, 2.05) is 0 Å². The number of carboxylic acids is 1. The Bertz CT molecular complexity index is 1080. The number of anilines is 1. The fourth-order valence-corrected chi connectivity index (χ4v) is 5.22. The van der Waals surface area contributed by atoms with Gasteiger partial charge < -0.3 is 15.1 Å². The standard InChI is InChI=1S/C20H15Cl4NO4/c21-13-11(12(20(28)29)14(22)16(24)15(13)23)19(27)10-7-8-3-1-5-25-6-2-4-9(17(8)25)18(10)26/h7,26H,1-6H2,(H,28,29). The number of rotatable bonds is 3. The molecule has 0 aromatic heterocycles. The van der Waals surface area contributed by atoms with E-state index in [0.29, 0.717) is 12.0 Å². The summed E-state index contributed by atoms with van der Waals surface area (Å²) in [6.45, 7) is 1.81. The third-order valence-corrected chi connectivity index (χ3v) is 7.25. The number of ketones is 1. The van der Waals surface area contributed by atoms with Gasteiger partial charge in [-0.3, -0.25) is 4.79 Å². The number of phenols is 1. The molecule has 2 aromatic rings. The summed E-state index contributed by atoms with van der Waals surface area (Å²) in [6.07, 6.45) is 3.19. The van der Waals surface area contributed by atoms with Crippen molar-refractivity contribution in [2.24, 2.45) is 0 Å². The predicted octanol–water partition coefficient (Wildman–Crippen LogP) is 5.63. The topological polar surface area (TPSA) is 77.8 Å². The number of aryl methyl sites for hydroxylation is 1. The first kappa shape index (κ1) is 20.6. The molecular formula is C20H15Cl4NO4. The summed E-state index contributed by atoms with van der Waals surface area (Å²) in [5, 5.41) is 19.4. The van der Waals surface area contributed by atoms with Gasteiger partial charge in [-0.15, -0.1) is 0 Å². The molecule has 9 heteroatoms. The number of hydrogen-bond donors (Lipinski definition) is 2. The molecule has 0 amide bonds. The van der Waals surface area contributed by atoms with Crippen molar-refractivity contribution in [3.05, 3.63) is 54.0 Å². The van der Waals surface area contributed by atoms with Crippen molar-refractivity contribution in [2.75, 3.05) is 18.0 Å². The quantitative estimate of drug-likeness (QED) is 0.342. The Morgan fingerprint density at radius 2 is 1.48 bits per heavy atom. The maximum atomic E-state index is 13.4. The second-order valence-electron chi connectivity index (χ2n) is 7.09. The molecule has 0 saturated heterocycles. The average Bonchev–Trinajstić information content (AvgIpc) is 2.70. The van der Waals surface area contributed by atoms with Crippen molar-refractivity contribution in [1.82, 2.24) is 0 Å². The summed E-state index contributed by atoms with van der Waals surface area (Å²) in [5.74, 6) is -2.38. The fourth-order valence-electron chi connectivity index (χ4n) is 4.20. The van der Waals surface area contributed by atoms with Crippen LogP contribution in [0.5, 0.6) is 5.75 Å². The predicted molar refractivity (Wildman–Crippen MR) is 114 cm³/mol. The second kappa shape index (κ2) is 7.55. The summed E-state index contributed by atoms with van der Waals surface area (Å²) in [7, 11) is 0. The fraction of sp³-hybridized carbons (Fsp3) is 0.300. The zero-order chi connectivity index (χ0) is 21.0. The normalized spacial score (nSPS) is 15.2. The van der Waals surface area contributed by atoms with Gasteiger partial charge >= 0.3 is 5.97 Å². The molecule has 0 bridgehead atoms. The van der Waals surface area contributed by atoms with Crippen molar-refractivity contribution in [1.29, 1.82) is 0 Å². The molecule has 2 aliphatic rings. The van der Waals surface area contributed by atoms with Crippen LogP contribution in [0.3, 0.4) is 0 Å². The van der Waals surface area contributed by atoms with Crippen LogP contribution in [-0.4, -0.2) is 35.1 Å². The van der Waals surface area contributed by atoms with E-state index < -0.39 is 17.3 Å². The molecule has 5 nitrogen and oxygen atoms in total. The molecule has 0 aliphatic carbocycles. The largest absolute Gasteiger partial charge is 0.507 e. The Balaban J connectivity index is 1.97. The van der Waals surface area contributed by atoms with Crippen LogP contribution in [-0.2, 0) is 12.8 Å². The van der Waals surface area contributed by atoms with Gasteiger partial charge in [-0.2, -0.15) is 0 Å². The Hall–Kier alpha value is -1.66. The van der Waals surface area contributed by atoms with E-state index in [0.717, 1.165) is 43.6 Å². The zero-order valence-corrected chi connectivity index (χ0v) is 18.0. The molecule has 0 saturated carbocycles. The summed E-state index contributed by atoms with van der Waals surface area (Å²) in [5.41, 5.74) is 1.70. The highest BCUT2D eigenvalue weighted by molar-refractivity contribution is 6.54. The number of aromatic carboxylic acids is 1. The van der Waals surface area contributed by atoms with E-state index in [1.165, 1.54) is 0 Å². The van der Waals surface area contributed by atoms with Crippen molar-refractivity contribution >= 4 is 63.8 Å². The van der Waals surface area contributed by atoms with Crippen molar-refractivity contribution < 1.29 is 19.8 Å². The van der Waals surface area contributed by atoms with Crippen LogP contribution in [0.25, 0.3) is 0 Å². The summed E-state index contributed by atoms with van der Waals surface area (Å²) < 4.78 is 0. The number of nitrogens with zero attached hydrogens (tertiary/aromatic N) is 1. The lowest BCUT2D eigenvalue weighted by atomic mass is 9.86. The van der Waals surface area contributed by atoms with Crippen LogP contribution >= 0.6 is 46.4 Å². The lowest BCUT2D eigenvalue weighted by Gasteiger charge is -2.37. The van der Waals surface area contributed by atoms with Gasteiger partial charge in [-0.05, 0) is 37.3 Å². The summed E-state index contributed by atoms with van der Waals surface area (Å²) in [6, 6.07) is 1.62. The van der Waals surface area contributed by atoms with Crippen LogP contribution in [0, 0.1) is 0 Å². The Kier molecular flexibility index (Phi) is 5.36. The highest BCUT2D eigenvalue weighted by Gasteiger charge is 2.34. The molecule has 2 aromatic carbocycles. The van der Waals surface area contributed by atoms with Crippen molar-refractivity contribution in [3.63, 3.8) is 0 Å². The molecule has 0 spiro atoms. The van der Waals surface area contributed by atoms with Crippen molar-refractivity contribution in [2.45, 2.75) is 25.7 Å². The van der Waals surface area contributed by atoms with E-state index in [1.54, 1.807) is 6.07 Å². The monoisotopic (exact) mass is 473 g/mol.